The van der Waals surface area contributed by atoms with Crippen LogP contribution in [0.5, 0.6) is 0 Å². The van der Waals surface area contributed by atoms with E-state index >= 15 is 0 Å². The maximum Gasteiger partial charge on any atom is 0.0542 e. The van der Waals surface area contributed by atoms with Crippen molar-refractivity contribution in [2.75, 3.05) is 0 Å². The van der Waals surface area contributed by atoms with Crippen LogP contribution in [0.25, 0.3) is 0 Å². The highest BCUT2D eigenvalue weighted by Gasteiger charge is 2.08. The number of hydrogen-bond donors (Lipinski definition) is 1. The molecular formula is C15H24O. The summed E-state index contributed by atoms with van der Waals surface area (Å²) < 4.78 is 0. The van der Waals surface area contributed by atoms with E-state index in [0.717, 1.165) is 32.1 Å². The molecule has 1 aromatic carbocycles. The van der Waals surface area contributed by atoms with Gasteiger partial charge >= 0.3 is 0 Å². The topological polar surface area (TPSA) is 20.2 Å². The second kappa shape index (κ2) is 7.45. The normalized spacial score (nSPS) is 14.7. The largest absolute Gasteiger partial charge is 0.393 e. The number of rotatable bonds is 7. The fraction of sp³-hybridized carbons (Fsp3) is 0.600. The van der Waals surface area contributed by atoms with E-state index in [2.05, 4.69) is 38.1 Å². The molecule has 1 aromatic rings. The van der Waals surface area contributed by atoms with E-state index < -0.39 is 0 Å². The molecule has 0 heterocycles. The zero-order chi connectivity index (χ0) is 11.8. The molecule has 16 heavy (non-hydrogen) atoms. The molecule has 1 nitrogen and oxygen atoms in total. The second-order valence-corrected chi connectivity index (χ2v) is 4.78. The van der Waals surface area contributed by atoms with Gasteiger partial charge in [-0.05, 0) is 37.2 Å². The Kier molecular flexibility index (Phi) is 6.17. The Bertz CT molecular complexity index is 268. The van der Waals surface area contributed by atoms with Crippen LogP contribution in [0.3, 0.4) is 0 Å². The van der Waals surface area contributed by atoms with E-state index in [1.54, 1.807) is 0 Å². The van der Waals surface area contributed by atoms with Crippen LogP contribution in [0.1, 0.15) is 45.1 Å². The molecular weight excluding hydrogens is 196 g/mol. The first-order valence-electron chi connectivity index (χ1n) is 6.44. The van der Waals surface area contributed by atoms with Gasteiger partial charge in [-0.2, -0.15) is 0 Å². The highest BCUT2D eigenvalue weighted by Crippen LogP contribution is 2.14. The van der Waals surface area contributed by atoms with Crippen LogP contribution < -0.4 is 0 Å². The second-order valence-electron chi connectivity index (χ2n) is 4.78. The van der Waals surface area contributed by atoms with Gasteiger partial charge in [0.25, 0.3) is 0 Å². The lowest BCUT2D eigenvalue weighted by Crippen LogP contribution is -2.11. The predicted molar refractivity (Wildman–Crippen MR) is 69.5 cm³/mol. The molecule has 0 saturated heterocycles. The van der Waals surface area contributed by atoms with Crippen LogP contribution in [0.15, 0.2) is 30.3 Å². The van der Waals surface area contributed by atoms with Crippen molar-refractivity contribution in [2.24, 2.45) is 5.92 Å². The van der Waals surface area contributed by atoms with E-state index in [0.29, 0.717) is 5.92 Å². The van der Waals surface area contributed by atoms with Crippen LogP contribution in [0.4, 0.5) is 0 Å². The van der Waals surface area contributed by atoms with Crippen molar-refractivity contribution in [3.05, 3.63) is 35.9 Å². The summed E-state index contributed by atoms with van der Waals surface area (Å²) in [7, 11) is 0. The summed E-state index contributed by atoms with van der Waals surface area (Å²) in [5.41, 5.74) is 1.37. The van der Waals surface area contributed by atoms with Crippen molar-refractivity contribution < 1.29 is 5.11 Å². The Labute approximate surface area is 99.5 Å². The van der Waals surface area contributed by atoms with Crippen molar-refractivity contribution in [1.29, 1.82) is 0 Å². The molecule has 0 aliphatic heterocycles. The molecule has 0 aliphatic carbocycles. The first kappa shape index (κ1) is 13.2. The molecule has 0 radical (unpaired) electrons. The number of aryl methyl sites for hydroxylation is 1. The zero-order valence-corrected chi connectivity index (χ0v) is 10.5. The van der Waals surface area contributed by atoms with E-state index in [4.69, 9.17) is 0 Å². The van der Waals surface area contributed by atoms with Gasteiger partial charge in [0, 0.05) is 0 Å². The van der Waals surface area contributed by atoms with Crippen molar-refractivity contribution >= 4 is 0 Å². The Hall–Kier alpha value is -0.820. The van der Waals surface area contributed by atoms with Crippen molar-refractivity contribution in [2.45, 2.75) is 52.1 Å². The lowest BCUT2D eigenvalue weighted by Gasteiger charge is -2.14. The Morgan fingerprint density at radius 3 is 2.50 bits per heavy atom. The van der Waals surface area contributed by atoms with Crippen molar-refractivity contribution in [3.8, 4) is 0 Å². The molecule has 0 aromatic heterocycles. The van der Waals surface area contributed by atoms with Gasteiger partial charge in [-0.1, -0.05) is 50.6 Å². The average Bonchev–Trinajstić information content (AvgIpc) is 2.30. The molecule has 1 N–H and O–H groups in total. The molecule has 1 rings (SSSR count). The minimum atomic E-state index is -0.112. The van der Waals surface area contributed by atoms with Crippen LogP contribution in [0.2, 0.25) is 0 Å². The molecule has 90 valence electrons. The number of hydrogen-bond acceptors (Lipinski definition) is 1. The predicted octanol–water partition coefficient (Wildman–Crippen LogP) is 3.81. The van der Waals surface area contributed by atoms with Crippen molar-refractivity contribution in [3.63, 3.8) is 0 Å². The van der Waals surface area contributed by atoms with Gasteiger partial charge < -0.3 is 5.11 Å². The van der Waals surface area contributed by atoms with Gasteiger partial charge in [-0.15, -0.1) is 0 Å². The van der Waals surface area contributed by atoms with Crippen LogP contribution in [-0.2, 0) is 6.42 Å². The Balaban J connectivity index is 2.15. The fourth-order valence-electron chi connectivity index (χ4n) is 1.94. The lowest BCUT2D eigenvalue weighted by atomic mass is 9.97. The molecule has 0 bridgehead atoms. The molecule has 1 heteroatoms. The number of aliphatic hydroxyl groups is 1. The van der Waals surface area contributed by atoms with Gasteiger partial charge in [0.05, 0.1) is 6.10 Å². The third kappa shape index (κ3) is 5.32. The number of benzene rings is 1. The van der Waals surface area contributed by atoms with Gasteiger partial charge in [0.1, 0.15) is 0 Å². The van der Waals surface area contributed by atoms with E-state index in [1.165, 1.54) is 5.56 Å². The third-order valence-corrected chi connectivity index (χ3v) is 3.22. The van der Waals surface area contributed by atoms with Gasteiger partial charge in [0.2, 0.25) is 0 Å². The maximum absolute atomic E-state index is 9.83. The minimum absolute atomic E-state index is 0.112. The fourth-order valence-corrected chi connectivity index (χ4v) is 1.94. The molecule has 0 spiro atoms. The Morgan fingerprint density at radius 1 is 1.19 bits per heavy atom. The highest BCUT2D eigenvalue weighted by molar-refractivity contribution is 5.14. The quantitative estimate of drug-likeness (QED) is 0.741. The van der Waals surface area contributed by atoms with Gasteiger partial charge in [-0.25, -0.2) is 0 Å². The first-order chi connectivity index (χ1) is 7.72. The summed E-state index contributed by atoms with van der Waals surface area (Å²) in [6.07, 6.45) is 5.10. The molecule has 0 fully saturated rings. The zero-order valence-electron chi connectivity index (χ0n) is 10.5. The third-order valence-electron chi connectivity index (χ3n) is 3.22. The molecule has 0 aliphatic rings. The molecule has 2 unspecified atom stereocenters. The summed E-state index contributed by atoms with van der Waals surface area (Å²) in [5, 5.41) is 9.83. The maximum atomic E-state index is 9.83. The summed E-state index contributed by atoms with van der Waals surface area (Å²) >= 11 is 0. The summed E-state index contributed by atoms with van der Waals surface area (Å²) in [4.78, 5) is 0. The number of aliphatic hydroxyl groups excluding tert-OH is 1. The summed E-state index contributed by atoms with van der Waals surface area (Å²) in [6, 6.07) is 10.5. The summed E-state index contributed by atoms with van der Waals surface area (Å²) in [5.74, 6) is 0.645. The standard InChI is InChI=1S/C15H24O/c1-3-13(2)12-15(16)11-7-10-14-8-5-4-6-9-14/h4-6,8-9,13,15-16H,3,7,10-12H2,1-2H3. The van der Waals surface area contributed by atoms with Gasteiger partial charge in [0.15, 0.2) is 0 Å². The summed E-state index contributed by atoms with van der Waals surface area (Å²) in [6.45, 7) is 4.39. The highest BCUT2D eigenvalue weighted by atomic mass is 16.3. The lowest BCUT2D eigenvalue weighted by molar-refractivity contribution is 0.133. The van der Waals surface area contributed by atoms with E-state index in [1.807, 2.05) is 6.07 Å². The monoisotopic (exact) mass is 220 g/mol. The van der Waals surface area contributed by atoms with Crippen LogP contribution in [0, 0.1) is 5.92 Å². The Morgan fingerprint density at radius 2 is 1.88 bits per heavy atom. The average molecular weight is 220 g/mol. The SMILES string of the molecule is CCC(C)CC(O)CCCc1ccccc1. The smallest absolute Gasteiger partial charge is 0.0542 e. The van der Waals surface area contributed by atoms with Gasteiger partial charge in [-0.3, -0.25) is 0 Å². The minimum Gasteiger partial charge on any atom is -0.393 e. The van der Waals surface area contributed by atoms with E-state index in [9.17, 15) is 5.11 Å². The van der Waals surface area contributed by atoms with Crippen LogP contribution in [-0.4, -0.2) is 11.2 Å². The molecule has 2 atom stereocenters. The molecule has 0 amide bonds. The van der Waals surface area contributed by atoms with E-state index in [-0.39, 0.29) is 6.10 Å². The van der Waals surface area contributed by atoms with Crippen LogP contribution >= 0.6 is 0 Å². The first-order valence-corrected chi connectivity index (χ1v) is 6.44. The van der Waals surface area contributed by atoms with Crippen molar-refractivity contribution in [1.82, 2.24) is 0 Å². The molecule has 0 saturated carbocycles.